The van der Waals surface area contributed by atoms with Crippen molar-refractivity contribution >= 4 is 81.5 Å². The van der Waals surface area contributed by atoms with Crippen LogP contribution in [0.15, 0.2) is 84.9 Å². The van der Waals surface area contributed by atoms with Crippen molar-refractivity contribution in [1.29, 1.82) is 0 Å². The largest absolute Gasteiger partial charge is 0.780 e. The van der Waals surface area contributed by atoms with Gasteiger partial charge in [-0.15, -0.1) is 0 Å². The number of anilines is 2. The summed E-state index contributed by atoms with van der Waals surface area (Å²) in [7, 11) is 8.07. The minimum Gasteiger partial charge on any atom is -0.780 e. The first kappa shape index (κ1) is 55.7. The Balaban J connectivity index is 0.000000427. The van der Waals surface area contributed by atoms with Gasteiger partial charge in [0.05, 0.1) is 26.4 Å². The Hall–Kier alpha value is -3.47. The van der Waals surface area contributed by atoms with Crippen LogP contribution in [0.2, 0.25) is 0 Å². The smallest absolute Gasteiger partial charge is 0.125 e. The van der Waals surface area contributed by atoms with Gasteiger partial charge >= 0.3 is 0 Å². The summed E-state index contributed by atoms with van der Waals surface area (Å²) >= 11 is 23.2. The van der Waals surface area contributed by atoms with Crippen molar-refractivity contribution in [2.75, 3.05) is 64.4 Å². The van der Waals surface area contributed by atoms with Crippen LogP contribution in [0, 0.1) is 23.7 Å². The molecule has 0 unspecified atom stereocenters. The summed E-state index contributed by atoms with van der Waals surface area (Å²) < 4.78 is 24.1. The van der Waals surface area contributed by atoms with Crippen LogP contribution in [-0.4, -0.2) is 54.6 Å². The first-order chi connectivity index (χ1) is 29.4. The molecule has 4 aromatic carbocycles. The normalized spacial score (nSPS) is 11.9. The van der Waals surface area contributed by atoms with E-state index in [4.69, 9.17) is 69.5 Å². The minimum absolute atomic E-state index is 0. The van der Waals surface area contributed by atoms with Gasteiger partial charge in [-0.25, -0.2) is 0 Å². The zero-order valence-corrected chi connectivity index (χ0v) is 43.8. The minimum atomic E-state index is 0. The molecule has 0 amide bonds. The molecule has 0 atom stereocenters. The Bertz CT molecular complexity index is 1870. The molecule has 0 saturated heterocycles. The number of hydrogen-bond donors (Lipinski definition) is 0. The van der Waals surface area contributed by atoms with Gasteiger partial charge in [0, 0.05) is 56.1 Å². The third-order valence-electron chi connectivity index (χ3n) is 9.93. The third kappa shape index (κ3) is 19.3. The van der Waals surface area contributed by atoms with Gasteiger partial charge in [0.2, 0.25) is 0 Å². The molecular formula is C52H70N2NiO4S4-4. The van der Waals surface area contributed by atoms with Gasteiger partial charge < -0.3 is 79.3 Å². The number of rotatable bonds is 22. The van der Waals surface area contributed by atoms with E-state index in [1.54, 1.807) is 0 Å². The Kier molecular flexibility index (Phi) is 25.1. The van der Waals surface area contributed by atoms with Crippen LogP contribution in [0.25, 0.3) is 19.6 Å². The molecule has 6 nitrogen and oxygen atoms in total. The fourth-order valence-corrected chi connectivity index (χ4v) is 6.81. The molecule has 0 spiro atoms. The van der Waals surface area contributed by atoms with Crippen LogP contribution in [-0.2, 0) is 67.0 Å². The second-order valence-corrected chi connectivity index (χ2v) is 19.3. The molecule has 0 bridgehead atoms. The van der Waals surface area contributed by atoms with Gasteiger partial charge in [-0.1, -0.05) is 79.7 Å². The molecule has 0 saturated carbocycles. The quantitative estimate of drug-likeness (QED) is 0.0432. The van der Waals surface area contributed by atoms with Crippen molar-refractivity contribution in [2.24, 2.45) is 23.7 Å². The molecule has 63 heavy (non-hydrogen) atoms. The predicted molar refractivity (Wildman–Crippen MR) is 277 cm³/mol. The fraction of sp³-hybridized carbons (Fsp3) is 0.462. The maximum absolute atomic E-state index is 6.09. The first-order valence-electron chi connectivity index (χ1n) is 21.9. The monoisotopic (exact) mass is 972 g/mol. The molecule has 0 radical (unpaired) electrons. The molecule has 4 rings (SSSR count). The SMILES string of the molecule is CC(C)CCOc1ccc(OCCC(C)C)c(/C([S-])=C(/[S-])c2ccc(N(C)C)cc2)c1.CC(C)CCOc1ccc(OCCC(C)C)c(/C([S-])=C(/[S-])c2ccc(N(C)C)cc2)c1.[Ni]. The van der Waals surface area contributed by atoms with E-state index in [1.165, 1.54) is 0 Å². The van der Waals surface area contributed by atoms with Gasteiger partial charge in [-0.2, -0.15) is 19.6 Å². The third-order valence-corrected chi connectivity index (χ3v) is 11.9. The summed E-state index contributed by atoms with van der Waals surface area (Å²) in [6.07, 6.45) is 3.97. The van der Waals surface area contributed by atoms with Gasteiger partial charge in [-0.05, 0) is 132 Å². The zero-order chi connectivity index (χ0) is 45.9. The first-order valence-corrected chi connectivity index (χ1v) is 23.5. The maximum Gasteiger partial charge on any atom is 0.125 e. The molecule has 0 N–H and O–H groups in total. The van der Waals surface area contributed by atoms with Crippen LogP contribution < -0.4 is 28.7 Å². The predicted octanol–water partition coefficient (Wildman–Crippen LogP) is 13.0. The molecular weight excluding hydrogens is 904 g/mol. The summed E-state index contributed by atoms with van der Waals surface area (Å²) in [5.41, 5.74) is 5.76. The van der Waals surface area contributed by atoms with Crippen molar-refractivity contribution in [2.45, 2.75) is 81.1 Å². The molecule has 0 aliphatic heterocycles. The van der Waals surface area contributed by atoms with Crippen LogP contribution in [0.3, 0.4) is 0 Å². The second-order valence-electron chi connectivity index (χ2n) is 17.6. The van der Waals surface area contributed by atoms with Crippen LogP contribution in [0.4, 0.5) is 11.4 Å². The molecule has 350 valence electrons. The van der Waals surface area contributed by atoms with Crippen LogP contribution in [0.5, 0.6) is 23.0 Å². The van der Waals surface area contributed by atoms with Crippen molar-refractivity contribution in [1.82, 2.24) is 0 Å². The summed E-state index contributed by atoms with van der Waals surface area (Å²) in [5, 5.41) is 0. The Labute approximate surface area is 413 Å². The van der Waals surface area contributed by atoms with E-state index < -0.39 is 0 Å². The van der Waals surface area contributed by atoms with Crippen LogP contribution >= 0.6 is 0 Å². The molecule has 4 aromatic rings. The van der Waals surface area contributed by atoms with E-state index in [0.717, 1.165) is 82.3 Å². The van der Waals surface area contributed by atoms with E-state index in [-0.39, 0.29) is 16.5 Å². The topological polar surface area (TPSA) is 43.4 Å². The number of nitrogens with zero attached hydrogens (tertiary/aromatic N) is 2. The molecule has 0 heterocycles. The molecule has 11 heteroatoms. The molecule has 0 fully saturated rings. The Morgan fingerprint density at radius 2 is 0.698 bits per heavy atom. The van der Waals surface area contributed by atoms with E-state index in [1.807, 2.05) is 88.9 Å². The van der Waals surface area contributed by atoms with Crippen molar-refractivity contribution in [3.8, 4) is 23.0 Å². The number of ether oxygens (including phenoxy) is 4. The van der Waals surface area contributed by atoms with E-state index in [0.29, 0.717) is 69.7 Å². The van der Waals surface area contributed by atoms with Crippen LogP contribution in [0.1, 0.15) is 103 Å². The fourth-order valence-electron chi connectivity index (χ4n) is 5.77. The standard InChI is InChI=1S/2C26H37NO2S2.Ni/c2*1-18(2)13-15-28-22-11-12-24(29-16-14-19(3)4)23(17-22)26(31)25(30)20-7-9-21(10-8-20)27(5)6;/h2*7-12,17-19,30-31H,13-16H2,1-6H3;/p-4/b2*26-25-;. The molecule has 0 aromatic heterocycles. The molecule has 0 aliphatic rings. The van der Waals surface area contributed by atoms with E-state index in [2.05, 4.69) is 89.5 Å². The Morgan fingerprint density at radius 3 is 0.968 bits per heavy atom. The van der Waals surface area contributed by atoms with Gasteiger partial charge in [0.25, 0.3) is 0 Å². The average Bonchev–Trinajstić information content (AvgIpc) is 3.23. The number of benzene rings is 4. The summed E-state index contributed by atoms with van der Waals surface area (Å²) in [4.78, 5) is 6.64. The Morgan fingerprint density at radius 1 is 0.413 bits per heavy atom. The van der Waals surface area contributed by atoms with Crippen molar-refractivity contribution < 1.29 is 35.4 Å². The summed E-state index contributed by atoms with van der Waals surface area (Å²) in [6, 6.07) is 28.0. The van der Waals surface area contributed by atoms with Gasteiger partial charge in [0.1, 0.15) is 23.0 Å². The van der Waals surface area contributed by atoms with Crippen molar-refractivity contribution in [3.05, 3.63) is 107 Å². The zero-order valence-electron chi connectivity index (χ0n) is 39.5. The summed E-state index contributed by atoms with van der Waals surface area (Å²) in [6.45, 7) is 20.1. The summed E-state index contributed by atoms with van der Waals surface area (Å²) in [5.74, 6) is 5.44. The maximum atomic E-state index is 6.09. The molecule has 0 aliphatic carbocycles. The number of hydrogen-bond acceptors (Lipinski definition) is 10. The van der Waals surface area contributed by atoms with E-state index >= 15 is 0 Å². The van der Waals surface area contributed by atoms with Gasteiger partial charge in [0.15, 0.2) is 0 Å². The van der Waals surface area contributed by atoms with E-state index in [9.17, 15) is 0 Å². The van der Waals surface area contributed by atoms with Crippen molar-refractivity contribution in [3.63, 3.8) is 0 Å². The van der Waals surface area contributed by atoms with Gasteiger partial charge in [-0.3, -0.25) is 0 Å². The second kappa shape index (κ2) is 28.4. The average molecular weight is 974 g/mol.